The number of halogens is 2. The Balaban J connectivity index is 1.95. The van der Waals surface area contributed by atoms with Crippen molar-refractivity contribution in [1.82, 2.24) is 5.43 Å². The van der Waals surface area contributed by atoms with Gasteiger partial charge >= 0.3 is 0 Å². The molecule has 3 aromatic rings. The number of hydrazone groups is 1. The number of nitrogens with zero attached hydrogens (tertiary/aromatic N) is 1. The maximum Gasteiger partial charge on any atom is 0.281 e. The van der Waals surface area contributed by atoms with E-state index in [-0.39, 0.29) is 11.5 Å². The third-order valence-electron chi connectivity index (χ3n) is 4.48. The number of ether oxygens (including phenoxy) is 1. The van der Waals surface area contributed by atoms with Crippen LogP contribution in [-0.2, 0) is 10.4 Å². The van der Waals surface area contributed by atoms with Gasteiger partial charge in [0.05, 0.1) is 18.9 Å². The van der Waals surface area contributed by atoms with Gasteiger partial charge in [-0.05, 0) is 49.1 Å². The molecule has 154 valence electrons. The average Bonchev–Trinajstić information content (AvgIpc) is 2.79. The molecule has 0 aromatic heterocycles. The summed E-state index contributed by atoms with van der Waals surface area (Å²) in [7, 11) is 1.43. The summed E-state index contributed by atoms with van der Waals surface area (Å²) in [6.07, 6.45) is 1.26. The fourth-order valence-electron chi connectivity index (χ4n) is 2.91. The van der Waals surface area contributed by atoms with Crippen molar-refractivity contribution in [2.75, 3.05) is 7.11 Å². The van der Waals surface area contributed by atoms with Crippen molar-refractivity contribution in [2.45, 2.75) is 5.60 Å². The molecule has 6 nitrogen and oxygen atoms in total. The van der Waals surface area contributed by atoms with E-state index in [0.717, 1.165) is 0 Å². The molecular weight excluding hydrogens is 516 g/mol. The summed E-state index contributed by atoms with van der Waals surface area (Å²) in [6, 6.07) is 18.8. The molecule has 0 heterocycles. The van der Waals surface area contributed by atoms with Gasteiger partial charge in [0, 0.05) is 8.95 Å². The Morgan fingerprint density at radius 3 is 2.10 bits per heavy atom. The number of hydrogen-bond acceptors (Lipinski definition) is 5. The minimum absolute atomic E-state index is 0.146. The molecule has 0 atom stereocenters. The Labute approximate surface area is 190 Å². The second kappa shape index (κ2) is 9.42. The number of carbonyl (C=O) groups excluding carboxylic acids is 1. The van der Waals surface area contributed by atoms with E-state index in [2.05, 4.69) is 42.4 Å². The normalized spacial score (nSPS) is 11.5. The highest BCUT2D eigenvalue weighted by Crippen LogP contribution is 2.39. The number of aliphatic hydroxyl groups is 1. The summed E-state index contributed by atoms with van der Waals surface area (Å²) in [5.74, 6) is -0.649. The minimum atomic E-state index is -1.95. The van der Waals surface area contributed by atoms with Crippen molar-refractivity contribution in [1.29, 1.82) is 0 Å². The molecular formula is C22H18Br2N2O4. The number of nitrogens with one attached hydrogen (secondary N) is 1. The zero-order valence-electron chi connectivity index (χ0n) is 15.8. The molecule has 0 aliphatic carbocycles. The summed E-state index contributed by atoms with van der Waals surface area (Å²) < 4.78 is 6.29. The maximum absolute atomic E-state index is 13.0. The largest absolute Gasteiger partial charge is 0.504 e. The fraction of sp³-hybridized carbons (Fsp3) is 0.0909. The number of methoxy groups -OCH3 is 1. The van der Waals surface area contributed by atoms with E-state index in [4.69, 9.17) is 4.74 Å². The zero-order valence-corrected chi connectivity index (χ0v) is 19.0. The number of benzene rings is 3. The predicted molar refractivity (Wildman–Crippen MR) is 122 cm³/mol. The molecule has 3 aromatic carbocycles. The summed E-state index contributed by atoms with van der Waals surface area (Å²) in [5.41, 5.74) is 1.52. The molecule has 8 heteroatoms. The number of hydrogen-bond donors (Lipinski definition) is 3. The molecule has 3 rings (SSSR count). The molecule has 0 aliphatic heterocycles. The van der Waals surface area contributed by atoms with Crippen LogP contribution >= 0.6 is 31.9 Å². The van der Waals surface area contributed by atoms with Crippen LogP contribution in [0.25, 0.3) is 0 Å². The summed E-state index contributed by atoms with van der Waals surface area (Å²) in [5, 5.41) is 25.7. The van der Waals surface area contributed by atoms with Crippen LogP contribution in [0.2, 0.25) is 0 Å². The first-order chi connectivity index (χ1) is 14.4. The van der Waals surface area contributed by atoms with Crippen LogP contribution in [0.5, 0.6) is 11.5 Å². The predicted octanol–water partition coefficient (Wildman–Crippen LogP) is 4.31. The molecule has 0 fully saturated rings. The number of aromatic hydroxyl groups is 1. The first-order valence-electron chi connectivity index (χ1n) is 8.81. The molecule has 0 aliphatic rings. The van der Waals surface area contributed by atoms with Gasteiger partial charge in [0.2, 0.25) is 0 Å². The Bertz CT molecular complexity index is 1030. The fourth-order valence-corrected chi connectivity index (χ4v) is 3.74. The number of phenolic OH excluding ortho intramolecular Hbond substituents is 1. The van der Waals surface area contributed by atoms with Gasteiger partial charge in [0.25, 0.3) is 5.91 Å². The van der Waals surface area contributed by atoms with Crippen molar-refractivity contribution in [2.24, 2.45) is 5.10 Å². The molecule has 0 saturated heterocycles. The van der Waals surface area contributed by atoms with Crippen LogP contribution in [0.3, 0.4) is 0 Å². The monoisotopic (exact) mass is 532 g/mol. The van der Waals surface area contributed by atoms with Gasteiger partial charge < -0.3 is 14.9 Å². The highest BCUT2D eigenvalue weighted by molar-refractivity contribution is 9.13. The SMILES string of the molecule is COc1cc(Br)c(Br)c(/C=N\NC(=O)C(O)(c2ccccc2)c2ccccc2)c1O. The van der Waals surface area contributed by atoms with Crippen LogP contribution in [0.1, 0.15) is 16.7 Å². The van der Waals surface area contributed by atoms with E-state index < -0.39 is 11.5 Å². The summed E-state index contributed by atoms with van der Waals surface area (Å²) >= 11 is 6.72. The Morgan fingerprint density at radius 1 is 1.07 bits per heavy atom. The van der Waals surface area contributed by atoms with Crippen LogP contribution < -0.4 is 10.2 Å². The maximum atomic E-state index is 13.0. The van der Waals surface area contributed by atoms with E-state index in [1.807, 2.05) is 0 Å². The van der Waals surface area contributed by atoms with Gasteiger partial charge in [-0.3, -0.25) is 4.79 Å². The van der Waals surface area contributed by atoms with Gasteiger partial charge in [0.1, 0.15) is 0 Å². The Hall–Kier alpha value is -2.68. The van der Waals surface area contributed by atoms with Gasteiger partial charge in [-0.2, -0.15) is 5.10 Å². The molecule has 3 N–H and O–H groups in total. The molecule has 30 heavy (non-hydrogen) atoms. The lowest BCUT2D eigenvalue weighted by molar-refractivity contribution is -0.136. The van der Waals surface area contributed by atoms with E-state index in [1.54, 1.807) is 66.7 Å². The molecule has 0 radical (unpaired) electrons. The third-order valence-corrected chi connectivity index (χ3v) is 6.50. The average molecular weight is 534 g/mol. The lowest BCUT2D eigenvalue weighted by atomic mass is 9.85. The van der Waals surface area contributed by atoms with Crippen molar-refractivity contribution in [3.63, 3.8) is 0 Å². The number of carbonyl (C=O) groups is 1. The van der Waals surface area contributed by atoms with Gasteiger partial charge in [0.15, 0.2) is 17.1 Å². The van der Waals surface area contributed by atoms with Crippen LogP contribution in [0.15, 0.2) is 80.8 Å². The van der Waals surface area contributed by atoms with E-state index in [1.165, 1.54) is 13.3 Å². The zero-order chi connectivity index (χ0) is 21.7. The molecule has 0 bridgehead atoms. The van der Waals surface area contributed by atoms with Gasteiger partial charge in [-0.1, -0.05) is 60.7 Å². The van der Waals surface area contributed by atoms with E-state index >= 15 is 0 Å². The molecule has 1 amide bonds. The number of rotatable bonds is 6. The number of amides is 1. The third kappa shape index (κ3) is 4.26. The minimum Gasteiger partial charge on any atom is -0.504 e. The van der Waals surface area contributed by atoms with Gasteiger partial charge in [-0.15, -0.1) is 0 Å². The molecule has 0 unspecified atom stereocenters. The second-order valence-corrected chi connectivity index (χ2v) is 7.93. The standard InChI is InChI=1S/C22H18Br2N2O4/c1-30-18-12-17(23)19(24)16(20(18)27)13-25-26-21(28)22(29,14-8-4-2-5-9-14)15-10-6-3-7-11-15/h2-13,27,29H,1H3,(H,26,28)/b25-13-. The lowest BCUT2D eigenvalue weighted by Crippen LogP contribution is -2.43. The highest BCUT2D eigenvalue weighted by Gasteiger charge is 2.39. The van der Waals surface area contributed by atoms with Crippen molar-refractivity contribution in [3.8, 4) is 11.5 Å². The Morgan fingerprint density at radius 2 is 1.60 bits per heavy atom. The first-order valence-corrected chi connectivity index (χ1v) is 10.4. The summed E-state index contributed by atoms with van der Waals surface area (Å²) in [6.45, 7) is 0. The van der Waals surface area contributed by atoms with E-state index in [9.17, 15) is 15.0 Å². The van der Waals surface area contributed by atoms with Gasteiger partial charge in [-0.25, -0.2) is 5.43 Å². The molecule has 0 spiro atoms. The van der Waals surface area contributed by atoms with Crippen molar-refractivity contribution >= 4 is 44.0 Å². The second-order valence-electron chi connectivity index (χ2n) is 6.28. The van der Waals surface area contributed by atoms with Crippen molar-refractivity contribution < 1.29 is 19.7 Å². The molecule has 0 saturated carbocycles. The topological polar surface area (TPSA) is 91.2 Å². The van der Waals surface area contributed by atoms with Crippen LogP contribution in [0.4, 0.5) is 0 Å². The first kappa shape index (κ1) is 22.0. The van der Waals surface area contributed by atoms with Crippen LogP contribution in [0, 0.1) is 0 Å². The number of phenols is 1. The van der Waals surface area contributed by atoms with Crippen LogP contribution in [-0.4, -0.2) is 29.4 Å². The Kier molecular flexibility index (Phi) is 6.91. The van der Waals surface area contributed by atoms with Crippen molar-refractivity contribution in [3.05, 3.63) is 92.4 Å². The lowest BCUT2D eigenvalue weighted by Gasteiger charge is -2.27. The summed E-state index contributed by atoms with van der Waals surface area (Å²) in [4.78, 5) is 13.0. The highest BCUT2D eigenvalue weighted by atomic mass is 79.9. The van der Waals surface area contributed by atoms with E-state index in [0.29, 0.717) is 25.6 Å². The quantitative estimate of drug-likeness (QED) is 0.325. The smallest absolute Gasteiger partial charge is 0.281 e.